The number of anilines is 1. The molecule has 1 aromatic carbocycles. The lowest BCUT2D eigenvalue weighted by Gasteiger charge is -2.03. The Kier molecular flexibility index (Phi) is 2.56. The molecule has 5 nitrogen and oxygen atoms in total. The molecule has 2 heterocycles. The van der Waals surface area contributed by atoms with Crippen LogP contribution in [0.5, 0.6) is 0 Å². The summed E-state index contributed by atoms with van der Waals surface area (Å²) in [6.07, 6.45) is 1.56. The van der Waals surface area contributed by atoms with Gasteiger partial charge in [-0.25, -0.2) is 14.2 Å². The SMILES string of the molecule is Nc1cc(F)cc(Cn2c(=O)oc3cccnc32)c1. The monoisotopic (exact) mass is 259 g/mol. The van der Waals surface area contributed by atoms with Crippen molar-refractivity contribution in [2.75, 3.05) is 5.73 Å². The molecule has 2 aromatic heterocycles. The van der Waals surface area contributed by atoms with E-state index < -0.39 is 11.6 Å². The van der Waals surface area contributed by atoms with E-state index in [1.54, 1.807) is 24.4 Å². The first-order valence-corrected chi connectivity index (χ1v) is 5.63. The normalized spacial score (nSPS) is 11.0. The molecule has 96 valence electrons. The van der Waals surface area contributed by atoms with Crippen molar-refractivity contribution in [1.82, 2.24) is 9.55 Å². The Labute approximate surface area is 107 Å². The molecule has 19 heavy (non-hydrogen) atoms. The summed E-state index contributed by atoms with van der Waals surface area (Å²) < 4.78 is 19.7. The van der Waals surface area contributed by atoms with Gasteiger partial charge in [0.05, 0.1) is 6.54 Å². The Hall–Kier alpha value is -2.63. The van der Waals surface area contributed by atoms with Crippen LogP contribution in [0.25, 0.3) is 11.2 Å². The predicted molar refractivity (Wildman–Crippen MR) is 68.2 cm³/mol. The second-order valence-electron chi connectivity index (χ2n) is 4.17. The van der Waals surface area contributed by atoms with Crippen LogP contribution in [-0.2, 0) is 6.54 Å². The molecule has 6 heteroatoms. The molecule has 0 fully saturated rings. The minimum Gasteiger partial charge on any atom is -0.406 e. The maximum absolute atomic E-state index is 13.3. The highest BCUT2D eigenvalue weighted by Gasteiger charge is 2.10. The summed E-state index contributed by atoms with van der Waals surface area (Å²) in [6.45, 7) is 0.158. The van der Waals surface area contributed by atoms with Crippen molar-refractivity contribution in [3.05, 3.63) is 58.5 Å². The molecule has 0 radical (unpaired) electrons. The first kappa shape index (κ1) is 11.5. The molecule has 0 bridgehead atoms. The standard InChI is InChI=1S/C13H10FN3O2/c14-9-4-8(5-10(15)6-9)7-17-12-11(19-13(17)18)2-1-3-16-12/h1-6H,7,15H2. The van der Waals surface area contributed by atoms with Crippen molar-refractivity contribution >= 4 is 16.9 Å². The number of oxazole rings is 1. The summed E-state index contributed by atoms with van der Waals surface area (Å²) in [6, 6.07) is 7.48. The van der Waals surface area contributed by atoms with Gasteiger partial charge in [0.1, 0.15) is 5.82 Å². The molecule has 0 amide bonds. The molecule has 0 saturated carbocycles. The van der Waals surface area contributed by atoms with Crippen LogP contribution in [0.3, 0.4) is 0 Å². The topological polar surface area (TPSA) is 74.0 Å². The maximum atomic E-state index is 13.3. The fourth-order valence-electron chi connectivity index (χ4n) is 1.99. The van der Waals surface area contributed by atoms with E-state index in [0.717, 1.165) is 0 Å². The van der Waals surface area contributed by atoms with Crippen LogP contribution >= 0.6 is 0 Å². The van der Waals surface area contributed by atoms with Crippen molar-refractivity contribution in [1.29, 1.82) is 0 Å². The zero-order valence-corrected chi connectivity index (χ0v) is 9.84. The number of halogens is 1. The molecule has 0 saturated heterocycles. The van der Waals surface area contributed by atoms with Gasteiger partial charge >= 0.3 is 5.76 Å². The highest BCUT2D eigenvalue weighted by molar-refractivity contribution is 5.67. The van der Waals surface area contributed by atoms with E-state index in [1.807, 2.05) is 0 Å². The molecule has 0 aliphatic rings. The van der Waals surface area contributed by atoms with Crippen molar-refractivity contribution in [2.24, 2.45) is 0 Å². The lowest BCUT2D eigenvalue weighted by atomic mass is 10.2. The molecular weight excluding hydrogens is 249 g/mol. The molecule has 3 aromatic rings. The molecule has 0 atom stereocenters. The second-order valence-corrected chi connectivity index (χ2v) is 4.17. The molecule has 0 spiro atoms. The lowest BCUT2D eigenvalue weighted by molar-refractivity contribution is 0.517. The highest BCUT2D eigenvalue weighted by Crippen LogP contribution is 2.14. The van der Waals surface area contributed by atoms with Gasteiger partial charge in [0, 0.05) is 11.9 Å². The van der Waals surface area contributed by atoms with Gasteiger partial charge in [-0.2, -0.15) is 0 Å². The third-order valence-electron chi connectivity index (χ3n) is 2.74. The average Bonchev–Trinajstić information content (AvgIpc) is 2.65. The van der Waals surface area contributed by atoms with Gasteiger partial charge in [0.15, 0.2) is 11.2 Å². The smallest absolute Gasteiger partial charge is 0.406 e. The zero-order valence-electron chi connectivity index (χ0n) is 9.84. The molecule has 3 rings (SSSR count). The largest absolute Gasteiger partial charge is 0.421 e. The number of nitrogen functional groups attached to an aromatic ring is 1. The first-order chi connectivity index (χ1) is 9.13. The summed E-state index contributed by atoms with van der Waals surface area (Å²) in [5.41, 5.74) is 7.28. The number of fused-ring (bicyclic) bond motifs is 1. The Morgan fingerprint density at radius 2 is 2.21 bits per heavy atom. The molecule has 0 unspecified atom stereocenters. The van der Waals surface area contributed by atoms with Crippen molar-refractivity contribution < 1.29 is 8.81 Å². The van der Waals surface area contributed by atoms with Crippen LogP contribution in [0.1, 0.15) is 5.56 Å². The van der Waals surface area contributed by atoms with Gasteiger partial charge < -0.3 is 10.2 Å². The summed E-state index contributed by atoms with van der Waals surface area (Å²) in [5, 5.41) is 0. The maximum Gasteiger partial charge on any atom is 0.421 e. The molecule has 0 aliphatic heterocycles. The van der Waals surface area contributed by atoms with E-state index in [-0.39, 0.29) is 6.54 Å². The highest BCUT2D eigenvalue weighted by atomic mass is 19.1. The van der Waals surface area contributed by atoms with Gasteiger partial charge in [-0.15, -0.1) is 0 Å². The third-order valence-corrected chi connectivity index (χ3v) is 2.74. The predicted octanol–water partition coefficient (Wildman–Crippen LogP) is 1.76. The average molecular weight is 259 g/mol. The number of pyridine rings is 1. The Bertz CT molecular complexity index is 787. The minimum atomic E-state index is -0.531. The van der Waals surface area contributed by atoms with Gasteiger partial charge in [-0.3, -0.25) is 4.57 Å². The Balaban J connectivity index is 2.10. The summed E-state index contributed by atoms with van der Waals surface area (Å²) in [4.78, 5) is 15.8. The fraction of sp³-hybridized carbons (Fsp3) is 0.0769. The Morgan fingerprint density at radius 1 is 1.37 bits per heavy atom. The van der Waals surface area contributed by atoms with Crippen LogP contribution in [-0.4, -0.2) is 9.55 Å². The van der Waals surface area contributed by atoms with E-state index in [0.29, 0.717) is 22.5 Å². The van der Waals surface area contributed by atoms with E-state index in [4.69, 9.17) is 10.2 Å². The van der Waals surface area contributed by atoms with E-state index in [2.05, 4.69) is 4.98 Å². The molecule has 2 N–H and O–H groups in total. The lowest BCUT2D eigenvalue weighted by Crippen LogP contribution is -2.15. The quantitative estimate of drug-likeness (QED) is 0.711. The van der Waals surface area contributed by atoms with E-state index in [9.17, 15) is 9.18 Å². The number of hydrogen-bond acceptors (Lipinski definition) is 4. The number of rotatable bonds is 2. The molecular formula is C13H10FN3O2. The minimum absolute atomic E-state index is 0.158. The van der Waals surface area contributed by atoms with Gasteiger partial charge in [-0.1, -0.05) is 0 Å². The van der Waals surface area contributed by atoms with Crippen molar-refractivity contribution in [3.63, 3.8) is 0 Å². The summed E-state index contributed by atoms with van der Waals surface area (Å²) in [5.74, 6) is -0.972. The fourth-order valence-corrected chi connectivity index (χ4v) is 1.99. The number of hydrogen-bond donors (Lipinski definition) is 1. The van der Waals surface area contributed by atoms with Crippen molar-refractivity contribution in [3.8, 4) is 0 Å². The van der Waals surface area contributed by atoms with Crippen LogP contribution in [0, 0.1) is 5.82 Å². The van der Waals surface area contributed by atoms with Gasteiger partial charge in [-0.05, 0) is 35.9 Å². The van der Waals surface area contributed by atoms with Crippen molar-refractivity contribution in [2.45, 2.75) is 6.54 Å². The number of nitrogens with zero attached hydrogens (tertiary/aromatic N) is 2. The number of benzene rings is 1. The second kappa shape index (κ2) is 4.24. The summed E-state index contributed by atoms with van der Waals surface area (Å²) in [7, 11) is 0. The van der Waals surface area contributed by atoms with Crippen LogP contribution in [0.15, 0.2) is 45.7 Å². The summed E-state index contributed by atoms with van der Waals surface area (Å²) >= 11 is 0. The van der Waals surface area contributed by atoms with Crippen LogP contribution in [0.2, 0.25) is 0 Å². The van der Waals surface area contributed by atoms with Crippen LogP contribution < -0.4 is 11.5 Å². The zero-order chi connectivity index (χ0) is 13.4. The number of nitrogens with two attached hydrogens (primary N) is 1. The Morgan fingerprint density at radius 3 is 3.00 bits per heavy atom. The van der Waals surface area contributed by atoms with Gasteiger partial charge in [0.25, 0.3) is 0 Å². The van der Waals surface area contributed by atoms with Crippen LogP contribution in [0.4, 0.5) is 10.1 Å². The number of aromatic nitrogens is 2. The van der Waals surface area contributed by atoms with E-state index >= 15 is 0 Å². The van der Waals surface area contributed by atoms with Gasteiger partial charge in [0.2, 0.25) is 0 Å². The third kappa shape index (κ3) is 2.08. The molecule has 0 aliphatic carbocycles. The first-order valence-electron chi connectivity index (χ1n) is 5.63. The van der Waals surface area contributed by atoms with E-state index in [1.165, 1.54) is 16.7 Å².